The molecule has 1 aliphatic rings. The highest BCUT2D eigenvalue weighted by atomic mass is 32.2. The minimum absolute atomic E-state index is 0.172. The summed E-state index contributed by atoms with van der Waals surface area (Å²) >= 11 is 0. The molecule has 1 aromatic rings. The molecule has 0 radical (unpaired) electrons. The first-order valence-electron chi connectivity index (χ1n) is 6.59. The molecule has 0 atom stereocenters. The molecule has 1 aromatic carbocycles. The lowest BCUT2D eigenvalue weighted by Crippen LogP contribution is -2.47. The standard InChI is InChI=1S/C13H21N3O3S/c1-20(18,19)11-2-3-13(12(14)10-11)16-6-4-15(5-7-16)8-9-17/h2-3,10,17H,4-9,14H2,1H3. The van der Waals surface area contributed by atoms with Crippen LogP contribution >= 0.6 is 0 Å². The topological polar surface area (TPSA) is 86.9 Å². The van der Waals surface area contributed by atoms with Gasteiger partial charge in [0.25, 0.3) is 0 Å². The Bertz CT molecular complexity index is 566. The SMILES string of the molecule is CS(=O)(=O)c1ccc(N2CCN(CCO)CC2)c(N)c1. The number of rotatable bonds is 4. The van der Waals surface area contributed by atoms with E-state index in [4.69, 9.17) is 10.8 Å². The van der Waals surface area contributed by atoms with Crippen LogP contribution in [0.3, 0.4) is 0 Å². The minimum atomic E-state index is -3.22. The minimum Gasteiger partial charge on any atom is -0.397 e. The highest BCUT2D eigenvalue weighted by molar-refractivity contribution is 7.90. The summed E-state index contributed by atoms with van der Waals surface area (Å²) in [5, 5.41) is 8.92. The van der Waals surface area contributed by atoms with Gasteiger partial charge in [0.05, 0.1) is 22.9 Å². The molecule has 0 aliphatic carbocycles. The Hall–Kier alpha value is -1.31. The summed E-state index contributed by atoms with van der Waals surface area (Å²) in [6, 6.07) is 4.89. The molecule has 0 bridgehead atoms. The third-order valence-electron chi connectivity index (χ3n) is 3.56. The summed E-state index contributed by atoms with van der Waals surface area (Å²) in [7, 11) is -3.22. The van der Waals surface area contributed by atoms with Gasteiger partial charge in [-0.15, -0.1) is 0 Å². The number of benzene rings is 1. The predicted molar refractivity (Wildman–Crippen MR) is 79.7 cm³/mol. The number of piperazine rings is 1. The number of anilines is 2. The Labute approximate surface area is 119 Å². The van der Waals surface area contributed by atoms with Gasteiger partial charge in [0.2, 0.25) is 0 Å². The van der Waals surface area contributed by atoms with Crippen LogP contribution in [0.15, 0.2) is 23.1 Å². The molecule has 2 rings (SSSR count). The van der Waals surface area contributed by atoms with Crippen molar-refractivity contribution in [2.45, 2.75) is 4.90 Å². The van der Waals surface area contributed by atoms with E-state index >= 15 is 0 Å². The molecule has 1 fully saturated rings. The molecule has 1 aliphatic heterocycles. The predicted octanol–water partition coefficient (Wildman–Crippen LogP) is -0.213. The van der Waals surface area contributed by atoms with Gasteiger partial charge in [-0.1, -0.05) is 0 Å². The van der Waals surface area contributed by atoms with E-state index in [1.807, 2.05) is 0 Å². The first-order chi connectivity index (χ1) is 9.41. The molecule has 0 unspecified atom stereocenters. The smallest absolute Gasteiger partial charge is 0.175 e. The van der Waals surface area contributed by atoms with E-state index in [9.17, 15) is 8.42 Å². The third-order valence-corrected chi connectivity index (χ3v) is 4.67. The second-order valence-corrected chi connectivity index (χ2v) is 7.06. The zero-order chi connectivity index (χ0) is 14.8. The van der Waals surface area contributed by atoms with E-state index in [-0.39, 0.29) is 11.5 Å². The van der Waals surface area contributed by atoms with Crippen molar-refractivity contribution in [2.24, 2.45) is 0 Å². The van der Waals surface area contributed by atoms with E-state index in [1.165, 1.54) is 12.3 Å². The largest absolute Gasteiger partial charge is 0.397 e. The molecular formula is C13H21N3O3S. The van der Waals surface area contributed by atoms with Crippen molar-refractivity contribution in [3.05, 3.63) is 18.2 Å². The average Bonchev–Trinajstić information content (AvgIpc) is 2.39. The Morgan fingerprint density at radius 1 is 1.25 bits per heavy atom. The van der Waals surface area contributed by atoms with Gasteiger partial charge < -0.3 is 15.7 Å². The van der Waals surface area contributed by atoms with Crippen LogP contribution in [0.25, 0.3) is 0 Å². The van der Waals surface area contributed by atoms with Crippen molar-refractivity contribution in [3.63, 3.8) is 0 Å². The molecular weight excluding hydrogens is 278 g/mol. The van der Waals surface area contributed by atoms with Gasteiger partial charge in [-0.25, -0.2) is 8.42 Å². The van der Waals surface area contributed by atoms with Gasteiger partial charge in [-0.2, -0.15) is 0 Å². The fourth-order valence-corrected chi connectivity index (χ4v) is 3.06. The van der Waals surface area contributed by atoms with Gasteiger partial charge in [-0.05, 0) is 18.2 Å². The molecule has 1 heterocycles. The lowest BCUT2D eigenvalue weighted by atomic mass is 10.2. The van der Waals surface area contributed by atoms with Crippen LogP contribution in [-0.2, 0) is 9.84 Å². The van der Waals surface area contributed by atoms with Gasteiger partial charge >= 0.3 is 0 Å². The van der Waals surface area contributed by atoms with Gasteiger partial charge in [0.15, 0.2) is 9.84 Å². The zero-order valence-electron chi connectivity index (χ0n) is 11.6. The van der Waals surface area contributed by atoms with Crippen LogP contribution in [-0.4, -0.2) is 64.0 Å². The van der Waals surface area contributed by atoms with Crippen molar-refractivity contribution in [2.75, 3.05) is 56.2 Å². The number of nitrogen functional groups attached to an aromatic ring is 1. The number of hydrogen-bond donors (Lipinski definition) is 2. The molecule has 3 N–H and O–H groups in total. The van der Waals surface area contributed by atoms with E-state index in [2.05, 4.69) is 9.80 Å². The summed E-state index contributed by atoms with van der Waals surface area (Å²) in [6.07, 6.45) is 1.18. The van der Waals surface area contributed by atoms with Gasteiger partial charge in [0, 0.05) is 39.0 Å². The Balaban J connectivity index is 2.11. The first kappa shape index (κ1) is 15.1. The number of aliphatic hydroxyl groups excluding tert-OH is 1. The van der Waals surface area contributed by atoms with Crippen LogP contribution < -0.4 is 10.6 Å². The third kappa shape index (κ3) is 3.41. The molecule has 20 heavy (non-hydrogen) atoms. The number of β-amino-alcohol motifs (C(OH)–C–C–N with tert-alkyl or cyclic N) is 1. The maximum Gasteiger partial charge on any atom is 0.175 e. The number of nitrogens with zero attached hydrogens (tertiary/aromatic N) is 2. The summed E-state index contributed by atoms with van der Waals surface area (Å²) in [5.41, 5.74) is 7.35. The first-order valence-corrected chi connectivity index (χ1v) is 8.48. The van der Waals surface area contributed by atoms with Crippen LogP contribution in [0.2, 0.25) is 0 Å². The van der Waals surface area contributed by atoms with Crippen molar-refractivity contribution in [1.29, 1.82) is 0 Å². The average molecular weight is 299 g/mol. The van der Waals surface area contributed by atoms with Crippen molar-refractivity contribution < 1.29 is 13.5 Å². The van der Waals surface area contributed by atoms with Crippen molar-refractivity contribution in [1.82, 2.24) is 4.90 Å². The second kappa shape index (κ2) is 5.99. The Morgan fingerprint density at radius 2 is 1.90 bits per heavy atom. The number of sulfone groups is 1. The highest BCUT2D eigenvalue weighted by Crippen LogP contribution is 2.27. The van der Waals surface area contributed by atoms with Crippen molar-refractivity contribution >= 4 is 21.2 Å². The highest BCUT2D eigenvalue weighted by Gasteiger charge is 2.19. The summed E-state index contributed by atoms with van der Waals surface area (Å²) < 4.78 is 23.0. The number of nitrogens with two attached hydrogens (primary N) is 1. The maximum absolute atomic E-state index is 11.5. The molecule has 0 aromatic heterocycles. The summed E-state index contributed by atoms with van der Waals surface area (Å²) in [4.78, 5) is 4.59. The van der Waals surface area contributed by atoms with Crippen LogP contribution in [0.1, 0.15) is 0 Å². The monoisotopic (exact) mass is 299 g/mol. The fraction of sp³-hybridized carbons (Fsp3) is 0.538. The second-order valence-electron chi connectivity index (χ2n) is 5.05. The van der Waals surface area contributed by atoms with E-state index < -0.39 is 9.84 Å². The Morgan fingerprint density at radius 3 is 2.40 bits per heavy atom. The van der Waals surface area contributed by atoms with Crippen LogP contribution in [0.4, 0.5) is 11.4 Å². The van der Waals surface area contributed by atoms with E-state index in [0.717, 1.165) is 31.9 Å². The lowest BCUT2D eigenvalue weighted by molar-refractivity contribution is 0.189. The van der Waals surface area contributed by atoms with Crippen LogP contribution in [0.5, 0.6) is 0 Å². The molecule has 112 valence electrons. The molecule has 0 amide bonds. The molecule has 7 heteroatoms. The lowest BCUT2D eigenvalue weighted by Gasteiger charge is -2.36. The van der Waals surface area contributed by atoms with Gasteiger partial charge in [0.1, 0.15) is 0 Å². The summed E-state index contributed by atoms with van der Waals surface area (Å²) in [6.45, 7) is 4.24. The number of aliphatic hydroxyl groups is 1. The van der Waals surface area contributed by atoms with Gasteiger partial charge in [-0.3, -0.25) is 4.90 Å². The van der Waals surface area contributed by atoms with Crippen molar-refractivity contribution in [3.8, 4) is 0 Å². The molecule has 6 nitrogen and oxygen atoms in total. The molecule has 1 saturated heterocycles. The quantitative estimate of drug-likeness (QED) is 0.748. The Kier molecular flexibility index (Phi) is 4.52. The molecule has 0 saturated carbocycles. The van der Waals surface area contributed by atoms with E-state index in [1.54, 1.807) is 12.1 Å². The molecule has 0 spiro atoms. The van der Waals surface area contributed by atoms with Crippen LogP contribution in [0, 0.1) is 0 Å². The summed E-state index contributed by atoms with van der Waals surface area (Å²) in [5.74, 6) is 0. The normalized spacial score (nSPS) is 17.4. The fourth-order valence-electron chi connectivity index (χ4n) is 2.41. The maximum atomic E-state index is 11.5. The zero-order valence-corrected chi connectivity index (χ0v) is 12.4. The number of hydrogen-bond acceptors (Lipinski definition) is 6. The van der Waals surface area contributed by atoms with E-state index in [0.29, 0.717) is 12.2 Å².